The SMILES string of the molecule is Cl.Cn1cc2cc(-c3cnc(-c4ccc(N5CC6CC5CN6)nn4)c(O)c3)cc(F)c2n1. The van der Waals surface area contributed by atoms with Crippen LogP contribution in [0.1, 0.15) is 6.42 Å². The van der Waals surface area contributed by atoms with Crippen LogP contribution >= 0.6 is 12.4 Å². The first-order valence-electron chi connectivity index (χ1n) is 10.2. The molecule has 2 aliphatic rings. The van der Waals surface area contributed by atoms with E-state index in [-0.39, 0.29) is 18.2 Å². The molecule has 1 aromatic carbocycles. The van der Waals surface area contributed by atoms with E-state index in [0.29, 0.717) is 45.5 Å². The summed E-state index contributed by atoms with van der Waals surface area (Å²) in [6, 6.07) is 9.54. The number of nitrogens with one attached hydrogen (secondary N) is 1. The van der Waals surface area contributed by atoms with Gasteiger partial charge >= 0.3 is 0 Å². The number of benzene rings is 1. The Bertz CT molecular complexity index is 1310. The van der Waals surface area contributed by atoms with Crippen LogP contribution in [0.4, 0.5) is 10.2 Å². The summed E-state index contributed by atoms with van der Waals surface area (Å²) in [5.41, 5.74) is 2.37. The zero-order chi connectivity index (χ0) is 21.1. The molecule has 164 valence electrons. The Labute approximate surface area is 189 Å². The fourth-order valence-electron chi connectivity index (χ4n) is 4.63. The maximum atomic E-state index is 14.4. The van der Waals surface area contributed by atoms with Gasteiger partial charge in [-0.15, -0.1) is 22.6 Å². The Morgan fingerprint density at radius 2 is 2.03 bits per heavy atom. The molecule has 2 fully saturated rings. The third-order valence-electron chi connectivity index (χ3n) is 6.12. The van der Waals surface area contributed by atoms with E-state index in [1.54, 1.807) is 30.2 Å². The van der Waals surface area contributed by atoms with Crippen molar-refractivity contribution >= 4 is 29.1 Å². The number of hydrogen-bond donors (Lipinski definition) is 2. The Kier molecular flexibility index (Phi) is 4.94. The summed E-state index contributed by atoms with van der Waals surface area (Å²) in [6.07, 6.45) is 4.49. The molecule has 2 N–H and O–H groups in total. The molecule has 2 aliphatic heterocycles. The monoisotopic (exact) mass is 453 g/mol. The molecule has 2 bridgehead atoms. The van der Waals surface area contributed by atoms with E-state index in [2.05, 4.69) is 30.5 Å². The van der Waals surface area contributed by atoms with Gasteiger partial charge in [0.1, 0.15) is 22.7 Å². The summed E-state index contributed by atoms with van der Waals surface area (Å²) < 4.78 is 16.0. The number of pyridine rings is 1. The minimum atomic E-state index is -0.413. The van der Waals surface area contributed by atoms with E-state index in [0.717, 1.165) is 25.3 Å². The molecule has 0 spiro atoms. The minimum Gasteiger partial charge on any atom is -0.506 e. The summed E-state index contributed by atoms with van der Waals surface area (Å²) in [6.45, 7) is 1.91. The van der Waals surface area contributed by atoms with E-state index < -0.39 is 5.82 Å². The van der Waals surface area contributed by atoms with Crippen molar-refractivity contribution in [2.24, 2.45) is 7.05 Å². The third-order valence-corrected chi connectivity index (χ3v) is 6.12. The number of aromatic nitrogens is 5. The van der Waals surface area contributed by atoms with Gasteiger partial charge < -0.3 is 15.3 Å². The second-order valence-corrected chi connectivity index (χ2v) is 8.21. The standard InChI is InChI=1S/C22H20FN7O.ClH/c1-29-10-14-4-12(5-17(23)21(14)28-29)13-6-19(31)22(25-8-13)18-2-3-20(27-26-18)30-11-15-7-16(30)9-24-15;/h2-6,8,10,15-16,24,31H,7,9,11H2,1H3;1H. The third kappa shape index (κ3) is 3.34. The van der Waals surface area contributed by atoms with Gasteiger partial charge in [-0.25, -0.2) is 9.37 Å². The average Bonchev–Trinajstić information content (AvgIpc) is 3.49. The summed E-state index contributed by atoms with van der Waals surface area (Å²) in [7, 11) is 1.75. The molecule has 2 saturated heterocycles. The number of piperazine rings is 1. The number of aryl methyl sites for hydroxylation is 1. The van der Waals surface area contributed by atoms with Crippen molar-refractivity contribution in [2.45, 2.75) is 18.5 Å². The van der Waals surface area contributed by atoms with Crippen LogP contribution in [0.25, 0.3) is 33.4 Å². The van der Waals surface area contributed by atoms with Crippen LogP contribution in [0.2, 0.25) is 0 Å². The van der Waals surface area contributed by atoms with Crippen molar-refractivity contribution in [2.75, 3.05) is 18.0 Å². The van der Waals surface area contributed by atoms with Gasteiger partial charge in [-0.2, -0.15) is 5.10 Å². The fourth-order valence-corrected chi connectivity index (χ4v) is 4.63. The molecule has 2 atom stereocenters. The molecule has 0 saturated carbocycles. The van der Waals surface area contributed by atoms with Gasteiger partial charge in [0.05, 0.1) is 0 Å². The van der Waals surface area contributed by atoms with Gasteiger partial charge in [0.25, 0.3) is 0 Å². The molecule has 4 aromatic rings. The van der Waals surface area contributed by atoms with Gasteiger partial charge in [-0.1, -0.05) is 0 Å². The minimum absolute atomic E-state index is 0. The quantitative estimate of drug-likeness (QED) is 0.492. The molecule has 0 radical (unpaired) electrons. The highest BCUT2D eigenvalue weighted by atomic mass is 35.5. The Morgan fingerprint density at radius 1 is 1.16 bits per heavy atom. The van der Waals surface area contributed by atoms with E-state index in [9.17, 15) is 9.50 Å². The summed E-state index contributed by atoms with van der Waals surface area (Å²) >= 11 is 0. The lowest BCUT2D eigenvalue weighted by molar-refractivity contribution is 0.475. The molecule has 6 rings (SSSR count). The van der Waals surface area contributed by atoms with Gasteiger partial charge in [0.2, 0.25) is 0 Å². The topological polar surface area (TPSA) is 92.0 Å². The summed E-state index contributed by atoms with van der Waals surface area (Å²) in [4.78, 5) is 6.66. The van der Waals surface area contributed by atoms with Gasteiger partial charge in [-0.3, -0.25) is 4.68 Å². The molecule has 2 unspecified atom stereocenters. The molecular weight excluding hydrogens is 433 g/mol. The number of hydrogen-bond acceptors (Lipinski definition) is 7. The van der Waals surface area contributed by atoms with Crippen molar-refractivity contribution < 1.29 is 9.50 Å². The van der Waals surface area contributed by atoms with Crippen LogP contribution < -0.4 is 10.2 Å². The molecule has 32 heavy (non-hydrogen) atoms. The molecule has 5 heterocycles. The molecule has 0 amide bonds. The van der Waals surface area contributed by atoms with E-state index in [1.807, 2.05) is 18.2 Å². The van der Waals surface area contributed by atoms with Crippen LogP contribution in [0.3, 0.4) is 0 Å². The zero-order valence-electron chi connectivity index (χ0n) is 17.2. The number of anilines is 1. The van der Waals surface area contributed by atoms with Crippen LogP contribution in [0.15, 0.2) is 42.7 Å². The van der Waals surface area contributed by atoms with Crippen molar-refractivity contribution in [3.8, 4) is 28.3 Å². The number of rotatable bonds is 3. The van der Waals surface area contributed by atoms with Crippen LogP contribution in [0.5, 0.6) is 5.75 Å². The van der Waals surface area contributed by atoms with Crippen molar-refractivity contribution in [1.29, 1.82) is 0 Å². The number of fused-ring (bicyclic) bond motifs is 3. The Morgan fingerprint density at radius 3 is 2.72 bits per heavy atom. The van der Waals surface area contributed by atoms with Crippen molar-refractivity contribution in [3.05, 3.63) is 48.5 Å². The van der Waals surface area contributed by atoms with Crippen LogP contribution in [-0.4, -0.2) is 55.2 Å². The van der Waals surface area contributed by atoms with E-state index in [4.69, 9.17) is 0 Å². The second kappa shape index (κ2) is 7.68. The normalized spacial score (nSPS) is 19.5. The number of halogens is 2. The Balaban J connectivity index is 0.00000216. The first kappa shape index (κ1) is 20.6. The lowest BCUT2D eigenvalue weighted by Gasteiger charge is -2.27. The first-order valence-corrected chi connectivity index (χ1v) is 10.2. The number of aromatic hydroxyl groups is 1. The highest BCUT2D eigenvalue weighted by Crippen LogP contribution is 2.33. The smallest absolute Gasteiger partial charge is 0.151 e. The van der Waals surface area contributed by atoms with Gasteiger partial charge in [0.15, 0.2) is 11.6 Å². The summed E-state index contributed by atoms with van der Waals surface area (Å²) in [5, 5.41) is 27.5. The fraction of sp³-hybridized carbons (Fsp3) is 0.273. The molecule has 0 aliphatic carbocycles. The average molecular weight is 454 g/mol. The Hall–Kier alpha value is -3.30. The summed E-state index contributed by atoms with van der Waals surface area (Å²) in [5.74, 6) is 0.397. The largest absolute Gasteiger partial charge is 0.506 e. The van der Waals surface area contributed by atoms with Gasteiger partial charge in [-0.05, 0) is 42.3 Å². The maximum absolute atomic E-state index is 14.4. The maximum Gasteiger partial charge on any atom is 0.151 e. The second-order valence-electron chi connectivity index (χ2n) is 8.21. The molecule has 8 nitrogen and oxygen atoms in total. The molecule has 10 heteroatoms. The van der Waals surface area contributed by atoms with E-state index in [1.165, 1.54) is 6.07 Å². The predicted molar refractivity (Wildman–Crippen MR) is 121 cm³/mol. The van der Waals surface area contributed by atoms with Crippen LogP contribution in [0, 0.1) is 5.82 Å². The number of nitrogens with zero attached hydrogens (tertiary/aromatic N) is 6. The van der Waals surface area contributed by atoms with Crippen LogP contribution in [-0.2, 0) is 7.05 Å². The van der Waals surface area contributed by atoms with Crippen molar-refractivity contribution in [3.63, 3.8) is 0 Å². The lowest BCUT2D eigenvalue weighted by atomic mass is 10.0. The van der Waals surface area contributed by atoms with E-state index >= 15 is 0 Å². The highest BCUT2D eigenvalue weighted by Gasteiger charge is 2.38. The molecule has 3 aromatic heterocycles. The predicted octanol–water partition coefficient (Wildman–Crippen LogP) is 2.91. The lowest BCUT2D eigenvalue weighted by Crippen LogP contribution is -2.44. The molecular formula is C22H21ClFN7O. The first-order chi connectivity index (χ1) is 15.0. The van der Waals surface area contributed by atoms with Crippen molar-refractivity contribution in [1.82, 2.24) is 30.3 Å². The highest BCUT2D eigenvalue weighted by molar-refractivity contribution is 5.86. The zero-order valence-corrected chi connectivity index (χ0v) is 18.1. The van der Waals surface area contributed by atoms with Gasteiger partial charge in [0, 0.05) is 55.6 Å².